The highest BCUT2D eigenvalue weighted by molar-refractivity contribution is 5.70. The van der Waals surface area contributed by atoms with Crippen molar-refractivity contribution < 1.29 is 23.9 Å². The molecule has 3 rings (SSSR count). The molecule has 1 N–H and O–H groups in total. The van der Waals surface area contributed by atoms with E-state index < -0.39 is 23.8 Å². The van der Waals surface area contributed by atoms with Gasteiger partial charge in [-0.25, -0.2) is 4.79 Å². The number of ether oxygens (including phenoxy) is 2. The van der Waals surface area contributed by atoms with Gasteiger partial charge in [0.15, 0.2) is 5.76 Å². The van der Waals surface area contributed by atoms with E-state index in [0.29, 0.717) is 17.9 Å². The Bertz CT molecular complexity index is 521. The van der Waals surface area contributed by atoms with Crippen LogP contribution in [-0.2, 0) is 9.47 Å². The van der Waals surface area contributed by atoms with E-state index >= 15 is 0 Å². The summed E-state index contributed by atoms with van der Waals surface area (Å²) in [6.07, 6.45) is 0.115. The molecular formula is C13H18N2O5. The molecule has 1 aromatic heterocycles. The Morgan fingerprint density at radius 3 is 2.95 bits per heavy atom. The van der Waals surface area contributed by atoms with E-state index in [2.05, 4.69) is 5.16 Å². The normalized spacial score (nSPS) is 29.0. The average molecular weight is 282 g/mol. The highest BCUT2D eigenvalue weighted by Gasteiger charge is 2.49. The maximum Gasteiger partial charge on any atom is 0.411 e. The fraction of sp³-hybridized carbons (Fsp3) is 0.692. The zero-order valence-corrected chi connectivity index (χ0v) is 11.7. The van der Waals surface area contributed by atoms with E-state index in [1.807, 2.05) is 20.8 Å². The molecule has 3 heterocycles. The van der Waals surface area contributed by atoms with Crippen molar-refractivity contribution in [2.75, 3.05) is 13.2 Å². The number of nitrogens with zero attached hydrogens (tertiary/aromatic N) is 2. The summed E-state index contributed by atoms with van der Waals surface area (Å²) in [5, 5.41) is 14.0. The molecule has 0 spiro atoms. The Labute approximate surface area is 116 Å². The van der Waals surface area contributed by atoms with Crippen LogP contribution in [0.2, 0.25) is 0 Å². The van der Waals surface area contributed by atoms with Crippen LogP contribution in [0.1, 0.15) is 44.2 Å². The number of rotatable bonds is 0. The zero-order chi connectivity index (χ0) is 14.5. The minimum Gasteiger partial charge on any atom is -0.444 e. The molecule has 7 nitrogen and oxygen atoms in total. The van der Waals surface area contributed by atoms with Crippen molar-refractivity contribution in [1.29, 1.82) is 0 Å². The topological polar surface area (TPSA) is 85.0 Å². The Morgan fingerprint density at radius 2 is 2.25 bits per heavy atom. The van der Waals surface area contributed by atoms with Gasteiger partial charge in [0.2, 0.25) is 0 Å². The van der Waals surface area contributed by atoms with Crippen molar-refractivity contribution in [3.8, 4) is 0 Å². The number of aliphatic hydroxyl groups excluding tert-OH is 1. The lowest BCUT2D eigenvalue weighted by atomic mass is 9.91. The molecule has 3 atom stereocenters. The first-order chi connectivity index (χ1) is 9.38. The quantitative estimate of drug-likeness (QED) is 0.774. The summed E-state index contributed by atoms with van der Waals surface area (Å²) < 4.78 is 16.0. The van der Waals surface area contributed by atoms with Crippen LogP contribution in [0.4, 0.5) is 4.79 Å². The lowest BCUT2D eigenvalue weighted by Gasteiger charge is -2.46. The number of fused-ring (bicyclic) bond motifs is 4. The summed E-state index contributed by atoms with van der Waals surface area (Å²) in [5.74, 6) is 0.420. The van der Waals surface area contributed by atoms with Gasteiger partial charge in [-0.1, -0.05) is 5.16 Å². The largest absolute Gasteiger partial charge is 0.444 e. The molecule has 1 aromatic rings. The number of carbonyl (C=O) groups is 1. The maximum absolute atomic E-state index is 12.4. The number of aromatic nitrogens is 1. The van der Waals surface area contributed by atoms with E-state index in [1.54, 1.807) is 4.90 Å². The molecule has 2 aliphatic heterocycles. The van der Waals surface area contributed by atoms with Crippen LogP contribution < -0.4 is 0 Å². The summed E-state index contributed by atoms with van der Waals surface area (Å²) in [6.45, 7) is 6.01. The first kappa shape index (κ1) is 13.4. The number of amides is 1. The SMILES string of the molecule is CC(C)(C)OC(=O)N1C2COCC1C(O)c1oncc12. The van der Waals surface area contributed by atoms with Crippen molar-refractivity contribution in [3.63, 3.8) is 0 Å². The highest BCUT2D eigenvalue weighted by Crippen LogP contribution is 2.42. The molecule has 110 valence electrons. The summed E-state index contributed by atoms with van der Waals surface area (Å²) in [7, 11) is 0. The molecule has 7 heteroatoms. The van der Waals surface area contributed by atoms with Crippen molar-refractivity contribution in [3.05, 3.63) is 17.5 Å². The van der Waals surface area contributed by atoms with Crippen LogP contribution in [0.15, 0.2) is 10.7 Å². The summed E-state index contributed by atoms with van der Waals surface area (Å²) in [6, 6.07) is -0.836. The van der Waals surface area contributed by atoms with E-state index in [1.165, 1.54) is 6.20 Å². The maximum atomic E-state index is 12.4. The third kappa shape index (κ3) is 2.06. The van der Waals surface area contributed by atoms with Crippen LogP contribution in [-0.4, -0.2) is 46.1 Å². The second-order valence-electron chi connectivity index (χ2n) is 6.10. The molecule has 20 heavy (non-hydrogen) atoms. The van der Waals surface area contributed by atoms with Crippen LogP contribution in [0.3, 0.4) is 0 Å². The lowest BCUT2D eigenvalue weighted by molar-refractivity contribution is -0.110. The van der Waals surface area contributed by atoms with Gasteiger partial charge in [0.1, 0.15) is 11.7 Å². The number of carbonyl (C=O) groups excluding carboxylic acids is 1. The van der Waals surface area contributed by atoms with Crippen LogP contribution in [0, 0.1) is 0 Å². The fourth-order valence-corrected chi connectivity index (χ4v) is 2.66. The molecule has 1 amide bonds. The van der Waals surface area contributed by atoms with E-state index in [-0.39, 0.29) is 12.6 Å². The molecular weight excluding hydrogens is 264 g/mol. The predicted molar refractivity (Wildman–Crippen MR) is 66.9 cm³/mol. The molecule has 0 aliphatic carbocycles. The Morgan fingerprint density at radius 1 is 1.50 bits per heavy atom. The number of morpholine rings is 1. The molecule has 0 radical (unpaired) electrons. The Balaban J connectivity index is 1.94. The summed E-state index contributed by atoms with van der Waals surface area (Å²) >= 11 is 0. The van der Waals surface area contributed by atoms with Crippen LogP contribution in [0.5, 0.6) is 0 Å². The smallest absolute Gasteiger partial charge is 0.411 e. The van der Waals surface area contributed by atoms with E-state index in [0.717, 1.165) is 0 Å². The van der Waals surface area contributed by atoms with Gasteiger partial charge < -0.3 is 19.1 Å². The van der Waals surface area contributed by atoms with Gasteiger partial charge in [0.05, 0.1) is 31.5 Å². The van der Waals surface area contributed by atoms with Gasteiger partial charge in [0.25, 0.3) is 0 Å². The highest BCUT2D eigenvalue weighted by atomic mass is 16.6. The predicted octanol–water partition coefficient (Wildman–Crippen LogP) is 1.40. The van der Waals surface area contributed by atoms with E-state index in [9.17, 15) is 9.90 Å². The first-order valence-electron chi connectivity index (χ1n) is 6.60. The molecule has 2 bridgehead atoms. The Hall–Kier alpha value is -1.60. The van der Waals surface area contributed by atoms with Crippen molar-refractivity contribution in [1.82, 2.24) is 10.1 Å². The molecule has 3 unspecified atom stereocenters. The van der Waals surface area contributed by atoms with Crippen molar-refractivity contribution >= 4 is 6.09 Å². The number of hydrogen-bond donors (Lipinski definition) is 1. The molecule has 0 aromatic carbocycles. The molecule has 1 saturated heterocycles. The monoisotopic (exact) mass is 282 g/mol. The summed E-state index contributed by atoms with van der Waals surface area (Å²) in [4.78, 5) is 13.9. The standard InChI is InChI=1S/C13H18N2O5/c1-13(2,3)19-12(17)15-8-5-18-6-9(15)10(16)11-7(8)4-14-20-11/h4,8-10,16H,5-6H2,1-3H3. The average Bonchev–Trinajstić information content (AvgIpc) is 2.82. The van der Waals surface area contributed by atoms with Crippen molar-refractivity contribution in [2.24, 2.45) is 0 Å². The fourth-order valence-electron chi connectivity index (χ4n) is 2.66. The van der Waals surface area contributed by atoms with Gasteiger partial charge in [-0.05, 0) is 20.8 Å². The Kier molecular flexibility index (Phi) is 2.98. The summed E-state index contributed by atoms with van der Waals surface area (Å²) in [5.41, 5.74) is 0.0888. The number of aliphatic hydroxyl groups is 1. The molecule has 2 aliphatic rings. The molecule has 1 fully saturated rings. The van der Waals surface area contributed by atoms with E-state index in [4.69, 9.17) is 14.0 Å². The minimum atomic E-state index is -0.948. The number of hydrogen-bond acceptors (Lipinski definition) is 6. The molecule has 0 saturated carbocycles. The van der Waals surface area contributed by atoms with Gasteiger partial charge in [-0.15, -0.1) is 0 Å². The minimum absolute atomic E-state index is 0.247. The van der Waals surface area contributed by atoms with Crippen LogP contribution in [0.25, 0.3) is 0 Å². The lowest BCUT2D eigenvalue weighted by Crippen LogP contribution is -2.56. The zero-order valence-electron chi connectivity index (χ0n) is 11.7. The van der Waals surface area contributed by atoms with Gasteiger partial charge in [-0.3, -0.25) is 4.90 Å². The third-order valence-electron chi connectivity index (χ3n) is 3.48. The second kappa shape index (κ2) is 4.46. The van der Waals surface area contributed by atoms with Crippen LogP contribution >= 0.6 is 0 Å². The second-order valence-corrected chi connectivity index (χ2v) is 6.10. The van der Waals surface area contributed by atoms with Crippen molar-refractivity contribution in [2.45, 2.75) is 44.6 Å². The van der Waals surface area contributed by atoms with Gasteiger partial charge in [0, 0.05) is 5.56 Å². The van der Waals surface area contributed by atoms with Gasteiger partial charge >= 0.3 is 6.09 Å². The third-order valence-corrected chi connectivity index (χ3v) is 3.48. The first-order valence-corrected chi connectivity index (χ1v) is 6.60. The van der Waals surface area contributed by atoms with Gasteiger partial charge in [-0.2, -0.15) is 0 Å².